The summed E-state index contributed by atoms with van der Waals surface area (Å²) in [6.07, 6.45) is 10.6. The van der Waals surface area contributed by atoms with Crippen LogP contribution in [-0.4, -0.2) is 91.2 Å². The molecule has 54 heavy (non-hydrogen) atoms. The SMILES string of the molecule is CCOC[C@]1(C)C[C@@H](OCOC)[C@@]2(C)C3[C@H](OC)CCC3(CC[C@H]2C)[C@@H](C)C1=O.COCO[C@@H]1C[C@H](C)C(=O)[C@H](C)C23CC[C@@H](C)[C@]1(C)C2[C@H](OC)CC3. The number of Topliss-reactive ketones (excluding diaryl/α,β-unsaturated/α-hetero) is 2. The Kier molecular flexibility index (Phi) is 14.0. The van der Waals surface area contributed by atoms with Gasteiger partial charge in [-0.3, -0.25) is 9.59 Å². The molecule has 6 aliphatic rings. The standard InChI is InChI=1S/C24H42O5.C21H36O4/c1-8-28-14-22(4)13-19(29-15-26-6)23(5)16(2)9-11-24(17(3)21(22)25)12-10-18(27-7)20(23)24;1-13-11-17(25-12-23-5)20(4)14(2)7-9-21(15(3)18(13)22)10-8-16(24-6)19(20)21/h16-20H,8-15H2,1-7H3;13-17,19H,7-12H2,1-6H3/t16-,17+,18-,19-,20?,22+,23+,24?;13-,14+,15-,16+,17+,19?,20-,21?/m10/s1. The first-order valence-electron chi connectivity index (χ1n) is 21.5. The summed E-state index contributed by atoms with van der Waals surface area (Å²) in [4.78, 5) is 27.2. The quantitative estimate of drug-likeness (QED) is 0.192. The molecule has 9 nitrogen and oxygen atoms in total. The Morgan fingerprint density at radius 2 is 1.11 bits per heavy atom. The van der Waals surface area contributed by atoms with Crippen molar-refractivity contribution in [1.29, 1.82) is 0 Å². The number of ether oxygens (including phenoxy) is 7. The van der Waals surface area contributed by atoms with Crippen LogP contribution in [0.5, 0.6) is 0 Å². The molecule has 0 aliphatic heterocycles. The number of rotatable bonds is 11. The highest BCUT2D eigenvalue weighted by molar-refractivity contribution is 5.88. The molecule has 16 atom stereocenters. The molecule has 6 rings (SSSR count). The summed E-state index contributed by atoms with van der Waals surface area (Å²) in [5.74, 6) is 2.67. The van der Waals surface area contributed by atoms with E-state index in [2.05, 4.69) is 55.4 Å². The van der Waals surface area contributed by atoms with E-state index in [9.17, 15) is 9.59 Å². The summed E-state index contributed by atoms with van der Waals surface area (Å²) in [5, 5.41) is 0. The van der Waals surface area contributed by atoms with Crippen molar-refractivity contribution in [2.75, 3.05) is 55.2 Å². The first-order chi connectivity index (χ1) is 25.5. The highest BCUT2D eigenvalue weighted by Gasteiger charge is 2.69. The predicted octanol–water partition coefficient (Wildman–Crippen LogP) is 8.54. The van der Waals surface area contributed by atoms with Crippen molar-refractivity contribution in [3.8, 4) is 0 Å². The molecule has 6 aliphatic carbocycles. The van der Waals surface area contributed by atoms with Gasteiger partial charge in [0.25, 0.3) is 0 Å². The Labute approximate surface area is 328 Å². The van der Waals surface area contributed by atoms with Gasteiger partial charge in [-0.05, 0) is 106 Å². The molecule has 0 spiro atoms. The fourth-order valence-electron chi connectivity index (χ4n) is 14.1. The van der Waals surface area contributed by atoms with E-state index < -0.39 is 5.41 Å². The maximum Gasteiger partial charge on any atom is 0.146 e. The zero-order valence-corrected chi connectivity index (χ0v) is 36.4. The predicted molar refractivity (Wildman–Crippen MR) is 210 cm³/mol. The van der Waals surface area contributed by atoms with Gasteiger partial charge >= 0.3 is 0 Å². The molecule has 6 fully saturated rings. The maximum absolute atomic E-state index is 14.0. The van der Waals surface area contributed by atoms with Crippen LogP contribution in [0.15, 0.2) is 0 Å². The molecule has 4 bridgehead atoms. The third-order valence-corrected chi connectivity index (χ3v) is 17.5. The average molecular weight is 763 g/mol. The Bertz CT molecular complexity index is 1290. The first kappa shape index (κ1) is 44.2. The highest BCUT2D eigenvalue weighted by Crippen LogP contribution is 2.70. The topological polar surface area (TPSA) is 98.8 Å². The van der Waals surface area contributed by atoms with Gasteiger partial charge in [0.1, 0.15) is 25.2 Å². The summed E-state index contributed by atoms with van der Waals surface area (Å²) in [6.45, 7) is 21.7. The van der Waals surface area contributed by atoms with Crippen molar-refractivity contribution in [3.63, 3.8) is 0 Å². The van der Waals surface area contributed by atoms with Crippen LogP contribution in [0, 0.1) is 68.5 Å². The summed E-state index contributed by atoms with van der Waals surface area (Å²) < 4.78 is 41.1. The van der Waals surface area contributed by atoms with Gasteiger partial charge in [0.15, 0.2) is 0 Å². The molecule has 0 amide bonds. The molecule has 0 N–H and O–H groups in total. The Hall–Kier alpha value is -0.940. The Balaban J connectivity index is 0.000000210. The van der Waals surface area contributed by atoms with Crippen LogP contribution < -0.4 is 0 Å². The first-order valence-corrected chi connectivity index (χ1v) is 21.5. The molecule has 0 heterocycles. The van der Waals surface area contributed by atoms with E-state index in [4.69, 9.17) is 33.2 Å². The van der Waals surface area contributed by atoms with Crippen LogP contribution in [-0.2, 0) is 42.7 Å². The molecular weight excluding hydrogens is 684 g/mol. The minimum absolute atomic E-state index is 0.00769. The van der Waals surface area contributed by atoms with E-state index in [1.54, 1.807) is 14.2 Å². The summed E-state index contributed by atoms with van der Waals surface area (Å²) >= 11 is 0. The van der Waals surface area contributed by atoms with Gasteiger partial charge in [0.2, 0.25) is 0 Å². The van der Waals surface area contributed by atoms with E-state index in [1.807, 2.05) is 21.1 Å². The number of carbonyl (C=O) groups excluding carboxylic acids is 2. The monoisotopic (exact) mass is 763 g/mol. The van der Waals surface area contributed by atoms with E-state index in [1.165, 1.54) is 6.42 Å². The van der Waals surface area contributed by atoms with Crippen molar-refractivity contribution < 1.29 is 42.7 Å². The lowest BCUT2D eigenvalue weighted by Crippen LogP contribution is -2.63. The summed E-state index contributed by atoms with van der Waals surface area (Å²) in [6, 6.07) is 0. The summed E-state index contributed by atoms with van der Waals surface area (Å²) in [5.41, 5.74) is -0.549. The molecule has 0 aromatic rings. The molecule has 0 aromatic heterocycles. The van der Waals surface area contributed by atoms with Gasteiger partial charge < -0.3 is 33.2 Å². The van der Waals surface area contributed by atoms with Gasteiger partial charge in [-0.25, -0.2) is 0 Å². The zero-order valence-electron chi connectivity index (χ0n) is 36.4. The second kappa shape index (κ2) is 17.1. The minimum atomic E-state index is -0.546. The van der Waals surface area contributed by atoms with Crippen LogP contribution in [0.25, 0.3) is 0 Å². The molecule has 0 saturated heterocycles. The number of methoxy groups -OCH3 is 4. The van der Waals surface area contributed by atoms with Gasteiger partial charge in [0.05, 0.1) is 36.4 Å². The lowest BCUT2D eigenvalue weighted by Gasteiger charge is -2.62. The lowest BCUT2D eigenvalue weighted by molar-refractivity contribution is -0.222. The molecule has 0 aromatic carbocycles. The van der Waals surface area contributed by atoms with Crippen molar-refractivity contribution >= 4 is 11.6 Å². The van der Waals surface area contributed by atoms with E-state index in [-0.39, 0.29) is 70.6 Å². The average Bonchev–Trinajstić information content (AvgIpc) is 3.76. The molecule has 9 heteroatoms. The van der Waals surface area contributed by atoms with Crippen molar-refractivity contribution in [1.82, 2.24) is 0 Å². The Morgan fingerprint density at radius 3 is 1.59 bits per heavy atom. The number of carbonyl (C=O) groups is 2. The van der Waals surface area contributed by atoms with Crippen LogP contribution in [0.3, 0.4) is 0 Å². The number of ketones is 2. The largest absolute Gasteiger partial charge is 0.381 e. The number of hydrogen-bond donors (Lipinski definition) is 0. The van der Waals surface area contributed by atoms with Gasteiger partial charge in [-0.15, -0.1) is 0 Å². The zero-order chi connectivity index (χ0) is 39.9. The van der Waals surface area contributed by atoms with Gasteiger partial charge in [-0.2, -0.15) is 0 Å². The molecule has 4 unspecified atom stereocenters. The molecule has 312 valence electrons. The van der Waals surface area contributed by atoms with E-state index in [0.29, 0.717) is 61.7 Å². The molecule has 0 radical (unpaired) electrons. The fraction of sp³-hybridized carbons (Fsp3) is 0.956. The van der Waals surface area contributed by atoms with Crippen LogP contribution in [0.4, 0.5) is 0 Å². The fourth-order valence-corrected chi connectivity index (χ4v) is 14.1. The van der Waals surface area contributed by atoms with Gasteiger partial charge in [-0.1, -0.05) is 55.4 Å². The second-order valence-corrected chi connectivity index (χ2v) is 19.5. The van der Waals surface area contributed by atoms with Crippen LogP contribution >= 0.6 is 0 Å². The third kappa shape index (κ3) is 7.01. The highest BCUT2D eigenvalue weighted by atomic mass is 16.7. The maximum atomic E-state index is 14.0. The van der Waals surface area contributed by atoms with Crippen LogP contribution in [0.2, 0.25) is 0 Å². The van der Waals surface area contributed by atoms with Crippen molar-refractivity contribution in [2.24, 2.45) is 68.5 Å². The smallest absolute Gasteiger partial charge is 0.146 e. The van der Waals surface area contributed by atoms with E-state index in [0.717, 1.165) is 51.4 Å². The Morgan fingerprint density at radius 1 is 0.648 bits per heavy atom. The molecule has 6 saturated carbocycles. The summed E-state index contributed by atoms with van der Waals surface area (Å²) in [7, 11) is 7.01. The number of hydrogen-bond acceptors (Lipinski definition) is 9. The van der Waals surface area contributed by atoms with Crippen molar-refractivity contribution in [3.05, 3.63) is 0 Å². The third-order valence-electron chi connectivity index (χ3n) is 17.5. The minimum Gasteiger partial charge on any atom is -0.381 e. The van der Waals surface area contributed by atoms with Crippen LogP contribution in [0.1, 0.15) is 127 Å². The second-order valence-electron chi connectivity index (χ2n) is 19.5. The van der Waals surface area contributed by atoms with Gasteiger partial charge in [0, 0.05) is 63.6 Å². The lowest BCUT2D eigenvalue weighted by atomic mass is 9.44. The normalized spacial score (nSPS) is 48.8. The van der Waals surface area contributed by atoms with E-state index >= 15 is 0 Å². The molecular formula is C45H78O9. The van der Waals surface area contributed by atoms with Crippen molar-refractivity contribution in [2.45, 2.75) is 151 Å².